The monoisotopic (exact) mass is 292 g/mol. The van der Waals surface area contributed by atoms with E-state index in [0.717, 1.165) is 62.1 Å². The summed E-state index contributed by atoms with van der Waals surface area (Å²) in [4.78, 5) is 13.7. The molecule has 1 aliphatic heterocycles. The highest BCUT2D eigenvalue weighted by atomic mass is 15.3. The number of hydrogen-bond donors (Lipinski definition) is 2. The fraction of sp³-hybridized carbons (Fsp3) is 0.733. The van der Waals surface area contributed by atoms with E-state index in [4.69, 9.17) is 5.84 Å². The van der Waals surface area contributed by atoms with Gasteiger partial charge in [-0.25, -0.2) is 15.8 Å². The normalized spacial score (nSPS) is 16.5. The maximum Gasteiger partial charge on any atom is 0.148 e. The van der Waals surface area contributed by atoms with Crippen LogP contribution in [0.2, 0.25) is 0 Å². The average molecular weight is 292 g/mol. The zero-order valence-electron chi connectivity index (χ0n) is 13.5. The zero-order valence-corrected chi connectivity index (χ0v) is 13.5. The number of hydrazine groups is 1. The molecule has 0 atom stereocenters. The van der Waals surface area contributed by atoms with Crippen LogP contribution in [-0.4, -0.2) is 47.6 Å². The van der Waals surface area contributed by atoms with Crippen LogP contribution in [0.5, 0.6) is 0 Å². The molecule has 6 nitrogen and oxygen atoms in total. The van der Waals surface area contributed by atoms with Gasteiger partial charge >= 0.3 is 0 Å². The fourth-order valence-electron chi connectivity index (χ4n) is 2.94. The third-order valence-electron chi connectivity index (χ3n) is 3.85. The lowest BCUT2D eigenvalue weighted by Gasteiger charge is -2.37. The number of aromatic nitrogens is 2. The van der Waals surface area contributed by atoms with Crippen LogP contribution in [0.3, 0.4) is 0 Å². The summed E-state index contributed by atoms with van der Waals surface area (Å²) in [6, 6.07) is 0. The van der Waals surface area contributed by atoms with Crippen molar-refractivity contribution in [2.75, 3.05) is 43.0 Å². The highest BCUT2D eigenvalue weighted by Gasteiger charge is 2.22. The molecule has 1 saturated heterocycles. The molecule has 0 aliphatic carbocycles. The van der Waals surface area contributed by atoms with Gasteiger partial charge in [-0.05, 0) is 12.3 Å². The van der Waals surface area contributed by atoms with Crippen molar-refractivity contribution in [2.24, 2.45) is 11.8 Å². The van der Waals surface area contributed by atoms with Crippen LogP contribution in [0, 0.1) is 5.92 Å². The van der Waals surface area contributed by atoms with Gasteiger partial charge < -0.3 is 10.3 Å². The maximum atomic E-state index is 5.59. The molecule has 0 spiro atoms. The summed E-state index contributed by atoms with van der Waals surface area (Å²) in [6.45, 7) is 12.1. The molecular weight excluding hydrogens is 264 g/mol. The van der Waals surface area contributed by atoms with Crippen molar-refractivity contribution in [1.82, 2.24) is 14.9 Å². The van der Waals surface area contributed by atoms with Gasteiger partial charge in [0.05, 0.1) is 0 Å². The summed E-state index contributed by atoms with van der Waals surface area (Å²) >= 11 is 0. The lowest BCUT2D eigenvalue weighted by atomic mass is 10.1. The molecule has 118 valence electrons. The second-order valence-electron chi connectivity index (χ2n) is 6.10. The SMILES string of the molecule is CCCc1c(NN)ncnc1N1CCN(CC(C)C)CC1. The molecule has 0 unspecified atom stereocenters. The highest BCUT2D eigenvalue weighted by Crippen LogP contribution is 2.25. The molecule has 1 fully saturated rings. The number of rotatable bonds is 6. The van der Waals surface area contributed by atoms with Crippen molar-refractivity contribution in [2.45, 2.75) is 33.6 Å². The molecular formula is C15H28N6. The smallest absolute Gasteiger partial charge is 0.148 e. The van der Waals surface area contributed by atoms with Crippen molar-refractivity contribution in [3.63, 3.8) is 0 Å². The van der Waals surface area contributed by atoms with Crippen LogP contribution < -0.4 is 16.2 Å². The Morgan fingerprint density at radius 1 is 1.24 bits per heavy atom. The van der Waals surface area contributed by atoms with Crippen LogP contribution in [0.25, 0.3) is 0 Å². The molecule has 2 heterocycles. The van der Waals surface area contributed by atoms with E-state index in [2.05, 4.69) is 46.0 Å². The van der Waals surface area contributed by atoms with E-state index >= 15 is 0 Å². The predicted molar refractivity (Wildman–Crippen MR) is 87.3 cm³/mol. The van der Waals surface area contributed by atoms with Gasteiger partial charge in [-0.2, -0.15) is 0 Å². The lowest BCUT2D eigenvalue weighted by Crippen LogP contribution is -2.48. The standard InChI is InChI=1S/C15H28N6/c1-4-5-13-14(19-16)17-11-18-15(13)21-8-6-20(7-9-21)10-12(2)3/h11-12H,4-10,16H2,1-3H3,(H,17,18,19). The molecule has 0 saturated carbocycles. The summed E-state index contributed by atoms with van der Waals surface area (Å²) in [7, 11) is 0. The summed E-state index contributed by atoms with van der Waals surface area (Å²) < 4.78 is 0. The Morgan fingerprint density at radius 3 is 2.52 bits per heavy atom. The second kappa shape index (κ2) is 7.56. The largest absolute Gasteiger partial charge is 0.354 e. The van der Waals surface area contributed by atoms with Crippen LogP contribution >= 0.6 is 0 Å². The molecule has 1 aromatic heterocycles. The molecule has 1 aliphatic rings. The van der Waals surface area contributed by atoms with E-state index in [1.165, 1.54) is 6.54 Å². The van der Waals surface area contributed by atoms with Crippen molar-refractivity contribution >= 4 is 11.6 Å². The molecule has 1 aromatic rings. The molecule has 3 N–H and O–H groups in total. The summed E-state index contributed by atoms with van der Waals surface area (Å²) in [5, 5.41) is 0. The van der Waals surface area contributed by atoms with Gasteiger partial charge in [-0.1, -0.05) is 27.2 Å². The van der Waals surface area contributed by atoms with Gasteiger partial charge in [-0.15, -0.1) is 0 Å². The minimum absolute atomic E-state index is 0.722. The summed E-state index contributed by atoms with van der Waals surface area (Å²) in [6.07, 6.45) is 3.61. The number of nitrogens with two attached hydrogens (primary N) is 1. The van der Waals surface area contributed by atoms with Crippen LogP contribution in [0.4, 0.5) is 11.6 Å². The third kappa shape index (κ3) is 4.04. The Balaban J connectivity index is 2.09. The number of piperazine rings is 1. The van der Waals surface area contributed by atoms with Crippen LogP contribution in [0.1, 0.15) is 32.8 Å². The second-order valence-corrected chi connectivity index (χ2v) is 6.10. The number of hydrogen-bond acceptors (Lipinski definition) is 6. The number of nitrogens with one attached hydrogen (secondary N) is 1. The molecule has 2 rings (SSSR count). The van der Waals surface area contributed by atoms with Crippen molar-refractivity contribution in [3.8, 4) is 0 Å². The Labute approximate surface area is 127 Å². The Morgan fingerprint density at radius 2 is 1.95 bits per heavy atom. The van der Waals surface area contributed by atoms with E-state index in [1.54, 1.807) is 6.33 Å². The van der Waals surface area contributed by atoms with E-state index in [9.17, 15) is 0 Å². The highest BCUT2D eigenvalue weighted by molar-refractivity contribution is 5.58. The topological polar surface area (TPSA) is 70.3 Å². The van der Waals surface area contributed by atoms with Gasteiger partial charge in [0.25, 0.3) is 0 Å². The average Bonchev–Trinajstić information content (AvgIpc) is 2.48. The van der Waals surface area contributed by atoms with Crippen LogP contribution in [0.15, 0.2) is 6.33 Å². The van der Waals surface area contributed by atoms with Gasteiger partial charge in [0.2, 0.25) is 0 Å². The molecule has 0 radical (unpaired) electrons. The first kappa shape index (κ1) is 16.0. The van der Waals surface area contributed by atoms with Crippen LogP contribution in [-0.2, 0) is 6.42 Å². The van der Waals surface area contributed by atoms with E-state index in [0.29, 0.717) is 0 Å². The molecule has 6 heteroatoms. The first-order valence-corrected chi connectivity index (χ1v) is 7.93. The molecule has 0 amide bonds. The molecule has 0 bridgehead atoms. The van der Waals surface area contributed by atoms with E-state index in [-0.39, 0.29) is 0 Å². The maximum absolute atomic E-state index is 5.59. The predicted octanol–water partition coefficient (Wildman–Crippen LogP) is 1.49. The minimum atomic E-state index is 0.722. The first-order valence-electron chi connectivity index (χ1n) is 7.93. The van der Waals surface area contributed by atoms with Gasteiger partial charge in [-0.3, -0.25) is 4.90 Å². The first-order chi connectivity index (χ1) is 10.2. The number of nitrogen functional groups attached to an aromatic ring is 1. The Hall–Kier alpha value is -1.40. The zero-order chi connectivity index (χ0) is 15.2. The van der Waals surface area contributed by atoms with Gasteiger partial charge in [0.1, 0.15) is 18.0 Å². The van der Waals surface area contributed by atoms with Crippen molar-refractivity contribution in [3.05, 3.63) is 11.9 Å². The quantitative estimate of drug-likeness (QED) is 0.611. The number of nitrogens with zero attached hydrogens (tertiary/aromatic N) is 4. The Kier molecular flexibility index (Phi) is 5.76. The Bertz CT molecular complexity index is 440. The lowest BCUT2D eigenvalue weighted by molar-refractivity contribution is 0.231. The molecule has 21 heavy (non-hydrogen) atoms. The van der Waals surface area contributed by atoms with Crippen molar-refractivity contribution in [1.29, 1.82) is 0 Å². The number of anilines is 2. The van der Waals surface area contributed by atoms with E-state index in [1.807, 2.05) is 0 Å². The fourth-order valence-corrected chi connectivity index (χ4v) is 2.94. The van der Waals surface area contributed by atoms with Crippen molar-refractivity contribution < 1.29 is 0 Å². The molecule has 0 aromatic carbocycles. The van der Waals surface area contributed by atoms with Gasteiger partial charge in [0, 0.05) is 38.3 Å². The summed E-state index contributed by atoms with van der Waals surface area (Å²) in [5.41, 5.74) is 3.85. The minimum Gasteiger partial charge on any atom is -0.354 e. The third-order valence-corrected chi connectivity index (χ3v) is 3.85. The summed E-state index contributed by atoms with van der Waals surface area (Å²) in [5.74, 6) is 8.11. The van der Waals surface area contributed by atoms with E-state index < -0.39 is 0 Å². The van der Waals surface area contributed by atoms with Gasteiger partial charge in [0.15, 0.2) is 0 Å².